The minimum atomic E-state index is 0.0396. The first-order valence-electron chi connectivity index (χ1n) is 7.64. The Bertz CT molecular complexity index is 466. The van der Waals surface area contributed by atoms with E-state index in [0.29, 0.717) is 13.2 Å². The number of benzene rings is 1. The van der Waals surface area contributed by atoms with E-state index in [-0.39, 0.29) is 5.91 Å². The van der Waals surface area contributed by atoms with Crippen LogP contribution in [0.4, 0.5) is 5.69 Å². The van der Waals surface area contributed by atoms with Gasteiger partial charge in [-0.05, 0) is 38.1 Å². The predicted octanol–water partition coefficient (Wildman–Crippen LogP) is 3.07. The first-order chi connectivity index (χ1) is 10.3. The quantitative estimate of drug-likeness (QED) is 0.818. The molecule has 21 heavy (non-hydrogen) atoms. The van der Waals surface area contributed by atoms with E-state index in [2.05, 4.69) is 16.8 Å². The molecule has 0 atom stereocenters. The summed E-state index contributed by atoms with van der Waals surface area (Å²) in [7, 11) is 0. The van der Waals surface area contributed by atoms with Crippen LogP contribution in [0.2, 0.25) is 0 Å². The SMILES string of the molecule is C=CCOc1cccc(NC(=O)CN2CCCCCC2)c1. The molecule has 1 amide bonds. The number of nitrogens with one attached hydrogen (secondary N) is 1. The normalized spacial score (nSPS) is 16.0. The number of likely N-dealkylation sites (tertiary alicyclic amines) is 1. The van der Waals surface area contributed by atoms with Gasteiger partial charge in [-0.2, -0.15) is 0 Å². The molecule has 4 heteroatoms. The van der Waals surface area contributed by atoms with E-state index in [0.717, 1.165) is 24.5 Å². The first-order valence-corrected chi connectivity index (χ1v) is 7.64. The Morgan fingerprint density at radius 3 is 2.76 bits per heavy atom. The minimum absolute atomic E-state index is 0.0396. The van der Waals surface area contributed by atoms with Crippen LogP contribution in [0, 0.1) is 0 Å². The van der Waals surface area contributed by atoms with Crippen LogP contribution in [0.3, 0.4) is 0 Å². The van der Waals surface area contributed by atoms with Crippen molar-refractivity contribution in [3.05, 3.63) is 36.9 Å². The number of carbonyl (C=O) groups excluding carboxylic acids is 1. The fourth-order valence-corrected chi connectivity index (χ4v) is 2.52. The molecule has 2 rings (SSSR count). The number of hydrogen-bond donors (Lipinski definition) is 1. The molecular formula is C17H24N2O2. The lowest BCUT2D eigenvalue weighted by molar-refractivity contribution is -0.117. The summed E-state index contributed by atoms with van der Waals surface area (Å²) < 4.78 is 5.46. The van der Waals surface area contributed by atoms with Crippen LogP contribution >= 0.6 is 0 Å². The van der Waals surface area contributed by atoms with Crippen molar-refractivity contribution in [1.29, 1.82) is 0 Å². The van der Waals surface area contributed by atoms with Crippen molar-refractivity contribution in [2.24, 2.45) is 0 Å². The minimum Gasteiger partial charge on any atom is -0.489 e. The van der Waals surface area contributed by atoms with E-state index in [1.165, 1.54) is 25.7 Å². The second kappa shape index (κ2) is 8.47. The van der Waals surface area contributed by atoms with Gasteiger partial charge in [0.15, 0.2) is 0 Å². The number of nitrogens with zero attached hydrogens (tertiary/aromatic N) is 1. The number of rotatable bonds is 6. The van der Waals surface area contributed by atoms with Gasteiger partial charge in [0, 0.05) is 11.8 Å². The average molecular weight is 288 g/mol. The lowest BCUT2D eigenvalue weighted by atomic mass is 10.2. The zero-order valence-electron chi connectivity index (χ0n) is 12.5. The Kier molecular flexibility index (Phi) is 6.28. The second-order valence-electron chi connectivity index (χ2n) is 5.37. The summed E-state index contributed by atoms with van der Waals surface area (Å²) in [5, 5.41) is 2.94. The molecule has 0 saturated carbocycles. The zero-order chi connectivity index (χ0) is 14.9. The zero-order valence-corrected chi connectivity index (χ0v) is 12.5. The monoisotopic (exact) mass is 288 g/mol. The number of amides is 1. The summed E-state index contributed by atoms with van der Waals surface area (Å²) in [4.78, 5) is 14.3. The van der Waals surface area contributed by atoms with Crippen LogP contribution in [0.15, 0.2) is 36.9 Å². The van der Waals surface area contributed by atoms with Crippen LogP contribution in [0.1, 0.15) is 25.7 Å². The van der Waals surface area contributed by atoms with Crippen molar-refractivity contribution in [3.63, 3.8) is 0 Å². The fraction of sp³-hybridized carbons (Fsp3) is 0.471. The third-order valence-corrected chi connectivity index (χ3v) is 3.55. The van der Waals surface area contributed by atoms with E-state index < -0.39 is 0 Å². The fourth-order valence-electron chi connectivity index (χ4n) is 2.52. The van der Waals surface area contributed by atoms with Crippen molar-refractivity contribution < 1.29 is 9.53 Å². The smallest absolute Gasteiger partial charge is 0.238 e. The molecule has 1 aromatic rings. The molecule has 0 aromatic heterocycles. The van der Waals surface area contributed by atoms with Crippen LogP contribution in [0.5, 0.6) is 5.75 Å². The van der Waals surface area contributed by atoms with Crippen LogP contribution in [0.25, 0.3) is 0 Å². The van der Waals surface area contributed by atoms with Gasteiger partial charge in [0.25, 0.3) is 0 Å². The second-order valence-corrected chi connectivity index (χ2v) is 5.37. The van der Waals surface area contributed by atoms with Gasteiger partial charge in [-0.1, -0.05) is 31.6 Å². The molecule has 1 aliphatic rings. The maximum atomic E-state index is 12.1. The van der Waals surface area contributed by atoms with Gasteiger partial charge in [0.2, 0.25) is 5.91 Å². The standard InChI is InChI=1S/C17H24N2O2/c1-2-12-21-16-9-7-8-15(13-16)18-17(20)14-19-10-5-3-4-6-11-19/h2,7-9,13H,1,3-6,10-12,14H2,(H,18,20). The first kappa shape index (κ1) is 15.6. The molecule has 0 bridgehead atoms. The van der Waals surface area contributed by atoms with Gasteiger partial charge in [-0.3, -0.25) is 9.69 Å². The molecule has 0 aliphatic carbocycles. The molecule has 1 aliphatic heterocycles. The van der Waals surface area contributed by atoms with Gasteiger partial charge in [-0.25, -0.2) is 0 Å². The third-order valence-electron chi connectivity index (χ3n) is 3.55. The Labute approximate surface area is 126 Å². The van der Waals surface area contributed by atoms with Crippen molar-refractivity contribution in [1.82, 2.24) is 4.90 Å². The maximum Gasteiger partial charge on any atom is 0.238 e. The van der Waals surface area contributed by atoms with Gasteiger partial charge < -0.3 is 10.1 Å². The highest BCUT2D eigenvalue weighted by Gasteiger charge is 2.13. The topological polar surface area (TPSA) is 41.6 Å². The van der Waals surface area contributed by atoms with Gasteiger partial charge in [0.1, 0.15) is 12.4 Å². The molecule has 1 aromatic carbocycles. The number of anilines is 1. The highest BCUT2D eigenvalue weighted by Crippen LogP contribution is 2.17. The van der Waals surface area contributed by atoms with E-state index in [4.69, 9.17) is 4.74 Å². The summed E-state index contributed by atoms with van der Waals surface area (Å²) >= 11 is 0. The Morgan fingerprint density at radius 2 is 2.05 bits per heavy atom. The largest absolute Gasteiger partial charge is 0.489 e. The molecule has 1 N–H and O–H groups in total. The van der Waals surface area contributed by atoms with Gasteiger partial charge in [-0.15, -0.1) is 0 Å². The average Bonchev–Trinajstić information content (AvgIpc) is 2.74. The number of ether oxygens (including phenoxy) is 1. The molecule has 0 radical (unpaired) electrons. The summed E-state index contributed by atoms with van der Waals surface area (Å²) in [6, 6.07) is 7.46. The lowest BCUT2D eigenvalue weighted by Crippen LogP contribution is -2.33. The summed E-state index contributed by atoms with van der Waals surface area (Å²) in [5.74, 6) is 0.778. The summed E-state index contributed by atoms with van der Waals surface area (Å²) in [6.07, 6.45) is 6.64. The summed E-state index contributed by atoms with van der Waals surface area (Å²) in [6.45, 7) is 6.60. The number of carbonyl (C=O) groups is 1. The van der Waals surface area contributed by atoms with E-state index in [1.54, 1.807) is 6.08 Å². The Morgan fingerprint density at radius 1 is 1.29 bits per heavy atom. The molecule has 1 heterocycles. The van der Waals surface area contributed by atoms with Crippen molar-refractivity contribution in [3.8, 4) is 5.75 Å². The molecule has 4 nitrogen and oxygen atoms in total. The number of hydrogen-bond acceptors (Lipinski definition) is 3. The molecular weight excluding hydrogens is 264 g/mol. The van der Waals surface area contributed by atoms with Crippen LogP contribution < -0.4 is 10.1 Å². The van der Waals surface area contributed by atoms with Crippen molar-refractivity contribution in [2.75, 3.05) is 31.6 Å². The maximum absolute atomic E-state index is 12.1. The Balaban J connectivity index is 1.85. The highest BCUT2D eigenvalue weighted by atomic mass is 16.5. The van der Waals surface area contributed by atoms with Crippen molar-refractivity contribution in [2.45, 2.75) is 25.7 Å². The lowest BCUT2D eigenvalue weighted by Gasteiger charge is -2.19. The van der Waals surface area contributed by atoms with E-state index in [9.17, 15) is 4.79 Å². The van der Waals surface area contributed by atoms with E-state index >= 15 is 0 Å². The molecule has 114 valence electrons. The van der Waals surface area contributed by atoms with Crippen LogP contribution in [-0.4, -0.2) is 37.0 Å². The van der Waals surface area contributed by atoms with Crippen molar-refractivity contribution >= 4 is 11.6 Å². The molecule has 0 unspecified atom stereocenters. The highest BCUT2D eigenvalue weighted by molar-refractivity contribution is 5.92. The summed E-state index contributed by atoms with van der Waals surface area (Å²) in [5.41, 5.74) is 0.774. The molecule has 1 saturated heterocycles. The third kappa shape index (κ3) is 5.60. The van der Waals surface area contributed by atoms with Crippen LogP contribution in [-0.2, 0) is 4.79 Å². The Hall–Kier alpha value is -1.81. The van der Waals surface area contributed by atoms with Gasteiger partial charge >= 0.3 is 0 Å². The molecule has 1 fully saturated rings. The van der Waals surface area contributed by atoms with Gasteiger partial charge in [0.05, 0.1) is 6.54 Å². The van der Waals surface area contributed by atoms with E-state index in [1.807, 2.05) is 24.3 Å². The predicted molar refractivity (Wildman–Crippen MR) is 85.7 cm³/mol. The molecule has 0 spiro atoms.